The van der Waals surface area contributed by atoms with Crippen LogP contribution in [0.5, 0.6) is 0 Å². The van der Waals surface area contributed by atoms with Crippen molar-refractivity contribution < 1.29 is 4.92 Å². The molecule has 0 fully saturated rings. The minimum Gasteiger partial charge on any atom is -0.383 e. The van der Waals surface area contributed by atoms with E-state index in [2.05, 4.69) is 37.9 Å². The van der Waals surface area contributed by atoms with Crippen molar-refractivity contribution in [3.05, 3.63) is 46.5 Å². The predicted octanol–water partition coefficient (Wildman–Crippen LogP) is 4.28. The molecule has 0 aliphatic rings. The number of nitro groups is 1. The van der Waals surface area contributed by atoms with Crippen LogP contribution in [0.2, 0.25) is 0 Å². The minimum atomic E-state index is -0.328. The van der Waals surface area contributed by atoms with Gasteiger partial charge in [0.1, 0.15) is 0 Å². The van der Waals surface area contributed by atoms with Gasteiger partial charge in [0, 0.05) is 42.3 Å². The Balaban J connectivity index is 2.18. The van der Waals surface area contributed by atoms with Gasteiger partial charge in [-0.25, -0.2) is 0 Å². The molecule has 0 saturated carbocycles. The molecule has 5 heteroatoms. The molecular weight excluding hydrogens is 290 g/mol. The van der Waals surface area contributed by atoms with Gasteiger partial charge in [-0.3, -0.25) is 15.0 Å². The quantitative estimate of drug-likeness (QED) is 0.612. The summed E-state index contributed by atoms with van der Waals surface area (Å²) in [6.45, 7) is 10.5. The number of hydrogen-bond donors (Lipinski definition) is 1. The van der Waals surface area contributed by atoms with E-state index in [4.69, 9.17) is 0 Å². The zero-order valence-corrected chi connectivity index (χ0v) is 14.2. The minimum absolute atomic E-state index is 0.150. The maximum atomic E-state index is 11.2. The standard InChI is InChI=1S/C18H25N3O2/c1-13(2)20(14(3)4)12-11-19-17-9-10-18(21(22)23)16-8-6-5-7-15(16)17/h5-10,13-14,19H,11-12H2,1-4H3. The van der Waals surface area contributed by atoms with Crippen molar-refractivity contribution in [2.75, 3.05) is 18.4 Å². The van der Waals surface area contributed by atoms with Crippen molar-refractivity contribution in [3.8, 4) is 0 Å². The second kappa shape index (κ2) is 7.42. The fourth-order valence-corrected chi connectivity index (χ4v) is 3.03. The van der Waals surface area contributed by atoms with Crippen LogP contribution in [0.15, 0.2) is 36.4 Å². The third-order valence-electron chi connectivity index (χ3n) is 4.11. The maximum Gasteiger partial charge on any atom is 0.277 e. The Morgan fingerprint density at radius 3 is 2.22 bits per heavy atom. The van der Waals surface area contributed by atoms with Crippen molar-refractivity contribution >= 4 is 22.1 Å². The molecule has 0 aromatic heterocycles. The zero-order chi connectivity index (χ0) is 17.0. The second-order valence-electron chi connectivity index (χ2n) is 6.29. The molecule has 0 bridgehead atoms. The van der Waals surface area contributed by atoms with E-state index in [1.54, 1.807) is 18.2 Å². The van der Waals surface area contributed by atoms with E-state index < -0.39 is 0 Å². The number of rotatable bonds is 7. The molecular formula is C18H25N3O2. The van der Waals surface area contributed by atoms with E-state index in [0.717, 1.165) is 24.2 Å². The molecule has 0 heterocycles. The van der Waals surface area contributed by atoms with Gasteiger partial charge in [0.25, 0.3) is 5.69 Å². The largest absolute Gasteiger partial charge is 0.383 e. The lowest BCUT2D eigenvalue weighted by atomic mass is 10.1. The molecule has 0 spiro atoms. The molecule has 2 aromatic rings. The van der Waals surface area contributed by atoms with Crippen LogP contribution in [0.1, 0.15) is 27.7 Å². The Labute approximate surface area is 137 Å². The first kappa shape index (κ1) is 17.2. The Morgan fingerprint density at radius 1 is 1.04 bits per heavy atom. The lowest BCUT2D eigenvalue weighted by molar-refractivity contribution is -0.383. The first-order valence-corrected chi connectivity index (χ1v) is 8.07. The molecule has 2 rings (SSSR count). The predicted molar refractivity (Wildman–Crippen MR) is 96.1 cm³/mol. The van der Waals surface area contributed by atoms with Crippen LogP contribution in [-0.2, 0) is 0 Å². The van der Waals surface area contributed by atoms with Crippen LogP contribution in [0, 0.1) is 10.1 Å². The fourth-order valence-electron chi connectivity index (χ4n) is 3.03. The highest BCUT2D eigenvalue weighted by molar-refractivity contribution is 5.99. The number of nitrogens with one attached hydrogen (secondary N) is 1. The number of non-ortho nitro benzene ring substituents is 1. The molecule has 0 saturated heterocycles. The SMILES string of the molecule is CC(C)N(CCNc1ccc([N+](=O)[O-])c2ccccc12)C(C)C. The number of hydrogen-bond acceptors (Lipinski definition) is 4. The highest BCUT2D eigenvalue weighted by Gasteiger charge is 2.15. The smallest absolute Gasteiger partial charge is 0.277 e. The van der Waals surface area contributed by atoms with Gasteiger partial charge in [-0.2, -0.15) is 0 Å². The molecule has 124 valence electrons. The van der Waals surface area contributed by atoms with Crippen LogP contribution >= 0.6 is 0 Å². The molecule has 0 radical (unpaired) electrons. The average Bonchev–Trinajstić information content (AvgIpc) is 2.50. The second-order valence-corrected chi connectivity index (χ2v) is 6.29. The average molecular weight is 315 g/mol. The highest BCUT2D eigenvalue weighted by atomic mass is 16.6. The Morgan fingerprint density at radius 2 is 1.65 bits per heavy atom. The molecule has 0 unspecified atom stereocenters. The van der Waals surface area contributed by atoms with Gasteiger partial charge in [0.2, 0.25) is 0 Å². The first-order chi connectivity index (χ1) is 10.9. The van der Waals surface area contributed by atoms with Crippen LogP contribution in [0.25, 0.3) is 10.8 Å². The Bertz CT molecular complexity index is 675. The van der Waals surface area contributed by atoms with E-state index >= 15 is 0 Å². The summed E-state index contributed by atoms with van der Waals surface area (Å²) in [7, 11) is 0. The number of nitro benzene ring substituents is 1. The Kier molecular flexibility index (Phi) is 5.55. The van der Waals surface area contributed by atoms with Gasteiger partial charge in [0.15, 0.2) is 0 Å². The van der Waals surface area contributed by atoms with Gasteiger partial charge < -0.3 is 5.32 Å². The Hall–Kier alpha value is -2.14. The molecule has 0 atom stereocenters. The van der Waals surface area contributed by atoms with Crippen molar-refractivity contribution in [2.24, 2.45) is 0 Å². The molecule has 5 nitrogen and oxygen atoms in total. The lowest BCUT2D eigenvalue weighted by Gasteiger charge is -2.30. The van der Waals surface area contributed by atoms with Crippen molar-refractivity contribution in [1.29, 1.82) is 0 Å². The van der Waals surface area contributed by atoms with Gasteiger partial charge in [-0.1, -0.05) is 18.2 Å². The van der Waals surface area contributed by atoms with Crippen LogP contribution in [-0.4, -0.2) is 35.0 Å². The molecule has 0 amide bonds. The van der Waals surface area contributed by atoms with E-state index in [-0.39, 0.29) is 10.6 Å². The van der Waals surface area contributed by atoms with Gasteiger partial charge in [-0.15, -0.1) is 0 Å². The number of nitrogens with zero attached hydrogens (tertiary/aromatic N) is 2. The number of benzene rings is 2. The summed E-state index contributed by atoms with van der Waals surface area (Å²) in [6.07, 6.45) is 0. The monoisotopic (exact) mass is 315 g/mol. The summed E-state index contributed by atoms with van der Waals surface area (Å²) in [6, 6.07) is 11.8. The summed E-state index contributed by atoms with van der Waals surface area (Å²) in [5.41, 5.74) is 1.09. The molecule has 1 N–H and O–H groups in total. The van der Waals surface area contributed by atoms with Gasteiger partial charge >= 0.3 is 0 Å². The van der Waals surface area contributed by atoms with E-state index in [1.807, 2.05) is 18.2 Å². The molecule has 0 aliphatic carbocycles. The topological polar surface area (TPSA) is 58.4 Å². The van der Waals surface area contributed by atoms with Crippen LogP contribution in [0.3, 0.4) is 0 Å². The van der Waals surface area contributed by atoms with Crippen LogP contribution in [0.4, 0.5) is 11.4 Å². The third kappa shape index (κ3) is 3.99. The first-order valence-electron chi connectivity index (χ1n) is 8.07. The van der Waals surface area contributed by atoms with E-state index in [9.17, 15) is 10.1 Å². The summed E-state index contributed by atoms with van der Waals surface area (Å²) in [5, 5.41) is 16.2. The summed E-state index contributed by atoms with van der Waals surface area (Å²) in [4.78, 5) is 13.2. The number of anilines is 1. The van der Waals surface area contributed by atoms with E-state index in [1.165, 1.54) is 0 Å². The van der Waals surface area contributed by atoms with Gasteiger partial charge in [0.05, 0.1) is 10.3 Å². The van der Waals surface area contributed by atoms with Crippen molar-refractivity contribution in [1.82, 2.24) is 4.90 Å². The summed E-state index contributed by atoms with van der Waals surface area (Å²) >= 11 is 0. The molecule has 0 aliphatic heterocycles. The lowest BCUT2D eigenvalue weighted by Crippen LogP contribution is -2.40. The molecule has 23 heavy (non-hydrogen) atoms. The zero-order valence-electron chi connectivity index (χ0n) is 14.2. The summed E-state index contributed by atoms with van der Waals surface area (Å²) < 4.78 is 0. The van der Waals surface area contributed by atoms with Crippen LogP contribution < -0.4 is 5.32 Å². The van der Waals surface area contributed by atoms with Crippen molar-refractivity contribution in [3.63, 3.8) is 0 Å². The van der Waals surface area contributed by atoms with Gasteiger partial charge in [-0.05, 0) is 39.8 Å². The fraction of sp³-hybridized carbons (Fsp3) is 0.444. The van der Waals surface area contributed by atoms with E-state index in [0.29, 0.717) is 17.5 Å². The highest BCUT2D eigenvalue weighted by Crippen LogP contribution is 2.31. The van der Waals surface area contributed by atoms with Crippen molar-refractivity contribution in [2.45, 2.75) is 39.8 Å². The third-order valence-corrected chi connectivity index (χ3v) is 4.11. The number of fused-ring (bicyclic) bond motifs is 1. The molecule has 2 aromatic carbocycles. The maximum absolute atomic E-state index is 11.2. The normalized spacial score (nSPS) is 11.6. The summed E-state index contributed by atoms with van der Waals surface area (Å²) in [5.74, 6) is 0.